The van der Waals surface area contributed by atoms with Gasteiger partial charge in [-0.05, 0) is 90.3 Å². The van der Waals surface area contributed by atoms with E-state index in [4.69, 9.17) is 18.9 Å². The van der Waals surface area contributed by atoms with E-state index in [0.29, 0.717) is 38.5 Å². The highest BCUT2D eigenvalue weighted by Crippen LogP contribution is 2.76. The molecule has 2 aliphatic heterocycles. The summed E-state index contributed by atoms with van der Waals surface area (Å²) in [6, 6.07) is 0. The number of carboxylic acid groups (broad SMARTS) is 1. The standard InChI is InChI=1S/C42H68O15/c1-37(2)12-14-42(36(52)53)15-13-40(6)19(25(42)32(37)51)8-9-24-39(5)16-20(45)33(38(3,4)23(39)10-11-41(24,40)7)57-35-30(50)31(27(47)22(18-44)55-35)56-34-29(49)28(48)26(46)21(17-43)54-34/h8,20-35,43-51H,9-18H2,1-7H3,(H,52,53)/t20-,21-,22-,23+,24-,25-,26+,27-,28+,29-,30-,31+,32+,33+,34+,35+,39+,40-,41-,42+/m1/s1. The van der Waals surface area contributed by atoms with Gasteiger partial charge in [-0.15, -0.1) is 0 Å². The number of allylic oxidation sites excluding steroid dienone is 1. The Balaban J connectivity index is 1.15. The molecule has 5 aliphatic carbocycles. The van der Waals surface area contributed by atoms with Gasteiger partial charge in [0.2, 0.25) is 0 Å². The molecule has 0 amide bonds. The molecule has 0 aromatic carbocycles. The van der Waals surface area contributed by atoms with Crippen LogP contribution in [-0.2, 0) is 23.7 Å². The predicted octanol–water partition coefficient (Wildman–Crippen LogP) is 0.824. The second-order valence-electron chi connectivity index (χ2n) is 20.8. The van der Waals surface area contributed by atoms with Crippen LogP contribution in [0.2, 0.25) is 0 Å². The number of aliphatic hydroxyl groups is 9. The van der Waals surface area contributed by atoms with Crippen molar-refractivity contribution in [2.75, 3.05) is 13.2 Å². The average Bonchev–Trinajstić information content (AvgIpc) is 3.14. The van der Waals surface area contributed by atoms with Crippen molar-refractivity contribution in [2.45, 2.75) is 180 Å². The van der Waals surface area contributed by atoms with Crippen molar-refractivity contribution >= 4 is 5.97 Å². The van der Waals surface area contributed by atoms with Crippen LogP contribution < -0.4 is 0 Å². The summed E-state index contributed by atoms with van der Waals surface area (Å²) in [6.07, 6.45) is -11.4. The largest absolute Gasteiger partial charge is 0.481 e. The first-order chi connectivity index (χ1) is 26.5. The summed E-state index contributed by atoms with van der Waals surface area (Å²) in [7, 11) is 0. The maximum absolute atomic E-state index is 13.1. The molecule has 6 fully saturated rings. The molecule has 7 aliphatic rings. The zero-order valence-electron chi connectivity index (χ0n) is 34.4. The Bertz CT molecular complexity index is 1550. The SMILES string of the molecule is CC1(C)CC[C@]2(C(=O)O)CC[C@]3(C)C(=CC[C@@H]4[C@@]5(C)C[C@@H](O)[C@H](O[C@@H]6O[C@H](CO)[C@@H](O)[C@H](O[C@@H]7O[C@H](CO)[C@H](O)[C@H](O)[C@H]7O)[C@H]6O)C(C)(C)[C@@H]5CC[C@]43C)[C@@H]2[C@@H]1O. The van der Waals surface area contributed by atoms with Crippen LogP contribution in [-0.4, -0.2) is 150 Å². The zero-order chi connectivity index (χ0) is 42.0. The summed E-state index contributed by atoms with van der Waals surface area (Å²) >= 11 is 0. The van der Waals surface area contributed by atoms with E-state index in [1.54, 1.807) is 0 Å². The van der Waals surface area contributed by atoms with Gasteiger partial charge in [0.1, 0.15) is 48.8 Å². The summed E-state index contributed by atoms with van der Waals surface area (Å²) in [5.74, 6) is -1.17. The first-order valence-electron chi connectivity index (χ1n) is 21.0. The molecule has 326 valence electrons. The molecule has 10 N–H and O–H groups in total. The number of carboxylic acids is 1. The Morgan fingerprint density at radius 3 is 1.95 bits per heavy atom. The highest BCUT2D eigenvalue weighted by Gasteiger charge is 2.71. The van der Waals surface area contributed by atoms with Crippen molar-refractivity contribution in [3.05, 3.63) is 11.6 Å². The molecule has 57 heavy (non-hydrogen) atoms. The van der Waals surface area contributed by atoms with Gasteiger partial charge in [0, 0.05) is 5.92 Å². The summed E-state index contributed by atoms with van der Waals surface area (Å²) in [4.78, 5) is 13.1. The molecule has 0 aromatic heterocycles. The zero-order valence-corrected chi connectivity index (χ0v) is 34.4. The van der Waals surface area contributed by atoms with Crippen LogP contribution in [0.1, 0.15) is 99.8 Å². The van der Waals surface area contributed by atoms with E-state index < -0.39 is 126 Å². The number of fused-ring (bicyclic) bond motifs is 7. The van der Waals surface area contributed by atoms with Crippen LogP contribution in [0, 0.1) is 50.2 Å². The van der Waals surface area contributed by atoms with E-state index >= 15 is 0 Å². The van der Waals surface area contributed by atoms with E-state index in [0.717, 1.165) is 18.4 Å². The minimum atomic E-state index is -1.81. The third kappa shape index (κ3) is 6.26. The lowest BCUT2D eigenvalue weighted by Crippen LogP contribution is -2.69. The lowest BCUT2D eigenvalue weighted by molar-refractivity contribution is -0.374. The molecule has 0 radical (unpaired) electrons. The second-order valence-corrected chi connectivity index (χ2v) is 20.8. The average molecular weight is 813 g/mol. The molecule has 0 bridgehead atoms. The van der Waals surface area contributed by atoms with Gasteiger partial charge in [0.25, 0.3) is 0 Å². The number of hydrogen-bond donors (Lipinski definition) is 10. The molecule has 0 spiro atoms. The topological polar surface area (TPSA) is 256 Å². The van der Waals surface area contributed by atoms with E-state index in [9.17, 15) is 55.9 Å². The minimum Gasteiger partial charge on any atom is -0.481 e. The Morgan fingerprint density at radius 1 is 0.737 bits per heavy atom. The maximum atomic E-state index is 13.1. The summed E-state index contributed by atoms with van der Waals surface area (Å²) in [5, 5.41) is 108. The van der Waals surface area contributed by atoms with Crippen LogP contribution in [0.3, 0.4) is 0 Å². The third-order valence-corrected chi connectivity index (χ3v) is 17.4. The molecule has 15 heteroatoms. The van der Waals surface area contributed by atoms with Gasteiger partial charge < -0.3 is 70.0 Å². The number of carbonyl (C=O) groups is 1. The van der Waals surface area contributed by atoms with E-state index in [2.05, 4.69) is 26.8 Å². The second kappa shape index (κ2) is 14.7. The van der Waals surface area contributed by atoms with Crippen molar-refractivity contribution in [2.24, 2.45) is 50.2 Å². The van der Waals surface area contributed by atoms with Gasteiger partial charge >= 0.3 is 5.97 Å². The molecule has 2 heterocycles. The van der Waals surface area contributed by atoms with Crippen molar-refractivity contribution < 1.29 is 74.8 Å². The lowest BCUT2D eigenvalue weighted by atomic mass is 9.33. The Kier molecular flexibility index (Phi) is 11.3. The van der Waals surface area contributed by atoms with Crippen LogP contribution in [0.15, 0.2) is 11.6 Å². The summed E-state index contributed by atoms with van der Waals surface area (Å²) in [6.45, 7) is 13.6. The van der Waals surface area contributed by atoms with E-state index in [1.807, 2.05) is 27.7 Å². The van der Waals surface area contributed by atoms with Gasteiger partial charge in [0.05, 0.1) is 36.9 Å². The molecule has 20 atom stereocenters. The van der Waals surface area contributed by atoms with Gasteiger partial charge in [-0.3, -0.25) is 4.79 Å². The third-order valence-electron chi connectivity index (χ3n) is 17.4. The smallest absolute Gasteiger partial charge is 0.310 e. The number of aliphatic carboxylic acids is 1. The molecule has 0 unspecified atom stereocenters. The quantitative estimate of drug-likeness (QED) is 0.126. The van der Waals surface area contributed by atoms with Gasteiger partial charge in [-0.1, -0.05) is 60.1 Å². The maximum Gasteiger partial charge on any atom is 0.310 e. The first kappa shape index (κ1) is 43.8. The minimum absolute atomic E-state index is 0.0251. The number of rotatable bonds is 7. The molecule has 15 nitrogen and oxygen atoms in total. The number of ether oxygens (including phenoxy) is 4. The molecule has 7 rings (SSSR count). The fourth-order valence-corrected chi connectivity index (χ4v) is 13.8. The number of hydrogen-bond acceptors (Lipinski definition) is 14. The van der Waals surface area contributed by atoms with E-state index in [-0.39, 0.29) is 22.7 Å². The number of aliphatic hydroxyl groups excluding tert-OH is 9. The molecular weight excluding hydrogens is 744 g/mol. The van der Waals surface area contributed by atoms with Gasteiger partial charge in [-0.25, -0.2) is 0 Å². The molecule has 2 saturated heterocycles. The Hall–Kier alpha value is -1.31. The highest BCUT2D eigenvalue weighted by molar-refractivity contribution is 5.77. The van der Waals surface area contributed by atoms with Crippen LogP contribution in [0.25, 0.3) is 0 Å². The van der Waals surface area contributed by atoms with Crippen LogP contribution in [0.4, 0.5) is 0 Å². The van der Waals surface area contributed by atoms with Crippen molar-refractivity contribution in [3.8, 4) is 0 Å². The highest BCUT2D eigenvalue weighted by atomic mass is 16.7. The normalized spacial score (nSPS) is 54.4. The monoisotopic (exact) mass is 812 g/mol. The molecule has 4 saturated carbocycles. The Labute approximate surface area is 335 Å². The van der Waals surface area contributed by atoms with Crippen LogP contribution in [0.5, 0.6) is 0 Å². The van der Waals surface area contributed by atoms with Gasteiger partial charge in [0.15, 0.2) is 12.6 Å². The fourth-order valence-electron chi connectivity index (χ4n) is 13.8. The predicted molar refractivity (Wildman–Crippen MR) is 201 cm³/mol. The van der Waals surface area contributed by atoms with Crippen molar-refractivity contribution in [1.29, 1.82) is 0 Å². The first-order valence-corrected chi connectivity index (χ1v) is 21.0. The lowest BCUT2D eigenvalue weighted by Gasteiger charge is -2.72. The fraction of sp³-hybridized carbons (Fsp3) is 0.929. The molecular formula is C42H68O15. The van der Waals surface area contributed by atoms with Crippen molar-refractivity contribution in [1.82, 2.24) is 0 Å². The van der Waals surface area contributed by atoms with Crippen molar-refractivity contribution in [3.63, 3.8) is 0 Å². The Morgan fingerprint density at radius 2 is 1.33 bits per heavy atom. The molecule has 0 aromatic rings. The summed E-state index contributed by atoms with van der Waals surface area (Å²) in [5.41, 5.74) is -2.08. The summed E-state index contributed by atoms with van der Waals surface area (Å²) < 4.78 is 23.7. The van der Waals surface area contributed by atoms with E-state index in [1.165, 1.54) is 0 Å². The van der Waals surface area contributed by atoms with Gasteiger partial charge in [-0.2, -0.15) is 0 Å². The van der Waals surface area contributed by atoms with Crippen LogP contribution >= 0.6 is 0 Å².